The van der Waals surface area contributed by atoms with Crippen molar-refractivity contribution in [1.82, 2.24) is 0 Å². The fourth-order valence-electron chi connectivity index (χ4n) is 2.83. The Kier molecular flexibility index (Phi) is 190. The first kappa shape index (κ1) is 66.0. The smallest absolute Gasteiger partial charge is 0.0319 e. The summed E-state index contributed by atoms with van der Waals surface area (Å²) in [7, 11) is 1.00. The number of aliphatic hydroxyl groups excluding tert-OH is 1. The summed E-state index contributed by atoms with van der Waals surface area (Å²) in [6, 6.07) is 0. The average Bonchev–Trinajstić information content (AvgIpc) is 3.33. The van der Waals surface area contributed by atoms with Crippen molar-refractivity contribution in [1.29, 1.82) is 0 Å². The first-order valence-electron chi connectivity index (χ1n) is 17.1. The van der Waals surface area contributed by atoms with E-state index < -0.39 is 0 Å². The van der Waals surface area contributed by atoms with Crippen LogP contribution in [-0.2, 0) is 0 Å². The summed E-state index contributed by atoms with van der Waals surface area (Å²) in [4.78, 5) is 0. The van der Waals surface area contributed by atoms with Crippen LogP contribution in [0.2, 0.25) is 0 Å². The lowest BCUT2D eigenvalue weighted by Gasteiger charge is -2.14. The van der Waals surface area contributed by atoms with Crippen LogP contribution >= 0.6 is 0 Å². The topological polar surface area (TPSA) is 20.2 Å². The van der Waals surface area contributed by atoms with Crippen LogP contribution in [0.4, 0.5) is 0 Å². The molecule has 1 nitrogen and oxygen atoms in total. The van der Waals surface area contributed by atoms with Gasteiger partial charge in [-0.25, -0.2) is 0 Å². The molecule has 0 aliphatic heterocycles. The molecule has 1 rings (SSSR count). The summed E-state index contributed by atoms with van der Waals surface area (Å²) in [5.74, 6) is 2.57. The molecule has 1 saturated carbocycles. The van der Waals surface area contributed by atoms with Gasteiger partial charge in [0.25, 0.3) is 0 Å². The molecule has 1 fully saturated rings. The van der Waals surface area contributed by atoms with E-state index in [1.54, 1.807) is 0 Å². The highest BCUT2D eigenvalue weighted by molar-refractivity contribution is 4.80. The van der Waals surface area contributed by atoms with Gasteiger partial charge in [0.1, 0.15) is 0 Å². The van der Waals surface area contributed by atoms with Crippen LogP contribution in [0.1, 0.15) is 195 Å². The highest BCUT2D eigenvalue weighted by Crippen LogP contribution is 2.24. The molecule has 1 aliphatic carbocycles. The van der Waals surface area contributed by atoms with Crippen molar-refractivity contribution >= 4 is 0 Å². The normalized spacial score (nSPS) is 10.9. The maximum atomic E-state index is 7.00. The SMILES string of the molecule is C=C.C=CC(CCC)C(C)C.CC.CC.CC.CC.CC.CC.CCC1CCCCCC1.CCCC.CO. The highest BCUT2D eigenvalue weighted by atomic mass is 16.2. The molecule has 1 heteroatoms. The molecule has 0 spiro atoms. The van der Waals surface area contributed by atoms with Crippen LogP contribution in [0.25, 0.3) is 0 Å². The molecule has 1 N–H and O–H groups in total. The Bertz CT molecular complexity index is 213. The van der Waals surface area contributed by atoms with Gasteiger partial charge in [0.05, 0.1) is 0 Å². The number of aliphatic hydroxyl groups is 1. The van der Waals surface area contributed by atoms with E-state index in [4.69, 9.17) is 5.11 Å². The van der Waals surface area contributed by atoms with Crippen molar-refractivity contribution in [2.24, 2.45) is 17.8 Å². The molecule has 1 unspecified atom stereocenters. The third-order valence-electron chi connectivity index (χ3n) is 4.83. The summed E-state index contributed by atoms with van der Waals surface area (Å²) >= 11 is 0. The van der Waals surface area contributed by atoms with Crippen LogP contribution in [0.15, 0.2) is 25.8 Å². The zero-order valence-electron chi connectivity index (χ0n) is 31.7. The largest absolute Gasteiger partial charge is 0.400 e. The van der Waals surface area contributed by atoms with Gasteiger partial charge in [-0.2, -0.15) is 0 Å². The molecule has 0 bridgehead atoms. The van der Waals surface area contributed by atoms with E-state index in [1.165, 1.54) is 70.6 Å². The molecule has 0 amide bonds. The van der Waals surface area contributed by atoms with Gasteiger partial charge in [-0.3, -0.25) is 0 Å². The van der Waals surface area contributed by atoms with Crippen molar-refractivity contribution < 1.29 is 5.11 Å². The van der Waals surface area contributed by atoms with Gasteiger partial charge in [0.15, 0.2) is 0 Å². The fourth-order valence-corrected chi connectivity index (χ4v) is 2.83. The fraction of sp³-hybridized carbons (Fsp3) is 0.892. The molecule has 0 heterocycles. The quantitative estimate of drug-likeness (QED) is 0.257. The number of hydrogen-bond donors (Lipinski definition) is 1. The molecule has 0 aromatic carbocycles. The minimum absolute atomic E-state index is 0.731. The van der Waals surface area contributed by atoms with Crippen molar-refractivity contribution in [3.05, 3.63) is 25.8 Å². The van der Waals surface area contributed by atoms with Gasteiger partial charge in [0, 0.05) is 7.11 Å². The first-order chi connectivity index (χ1) is 18.6. The molecule has 0 radical (unpaired) electrons. The Morgan fingerprint density at radius 3 is 1.03 bits per heavy atom. The van der Waals surface area contributed by atoms with E-state index in [-0.39, 0.29) is 0 Å². The van der Waals surface area contributed by atoms with E-state index in [9.17, 15) is 0 Å². The van der Waals surface area contributed by atoms with E-state index in [1.807, 2.05) is 83.1 Å². The zero-order chi connectivity index (χ0) is 33.2. The Morgan fingerprint density at radius 2 is 0.895 bits per heavy atom. The lowest BCUT2D eigenvalue weighted by Crippen LogP contribution is -2.03. The van der Waals surface area contributed by atoms with Crippen LogP contribution in [0.5, 0.6) is 0 Å². The first-order valence-corrected chi connectivity index (χ1v) is 17.1. The second kappa shape index (κ2) is 110. The molecule has 0 aromatic heterocycles. The number of allylic oxidation sites excluding steroid dienone is 1. The molecule has 1 atom stereocenters. The van der Waals surface area contributed by atoms with Crippen LogP contribution in [-0.4, -0.2) is 12.2 Å². The molecule has 0 aromatic rings. The van der Waals surface area contributed by atoms with Crippen LogP contribution in [0.3, 0.4) is 0 Å². The lowest BCUT2D eigenvalue weighted by molar-refractivity contribution is 0.399. The van der Waals surface area contributed by atoms with Gasteiger partial charge >= 0.3 is 0 Å². The maximum Gasteiger partial charge on any atom is 0.0319 e. The van der Waals surface area contributed by atoms with Crippen molar-refractivity contribution in [2.45, 2.75) is 195 Å². The zero-order valence-corrected chi connectivity index (χ0v) is 31.7. The minimum Gasteiger partial charge on any atom is -0.400 e. The summed E-state index contributed by atoms with van der Waals surface area (Å²) in [6.07, 6.45) is 17.7. The number of hydrogen-bond acceptors (Lipinski definition) is 1. The summed E-state index contributed by atoms with van der Waals surface area (Å²) in [6.45, 7) is 47.2. The highest BCUT2D eigenvalue weighted by Gasteiger charge is 2.08. The Morgan fingerprint density at radius 1 is 0.605 bits per heavy atom. The van der Waals surface area contributed by atoms with E-state index >= 15 is 0 Å². The third kappa shape index (κ3) is 101. The van der Waals surface area contributed by atoms with Crippen LogP contribution in [0, 0.1) is 17.8 Å². The van der Waals surface area contributed by atoms with E-state index in [0.717, 1.165) is 24.9 Å². The molecular formula is C37H90O. The number of rotatable bonds is 6. The van der Waals surface area contributed by atoms with E-state index in [0.29, 0.717) is 0 Å². The summed E-state index contributed by atoms with van der Waals surface area (Å²) in [5, 5.41) is 7.00. The molecular weight excluding hydrogens is 460 g/mol. The molecule has 1 aliphatic rings. The van der Waals surface area contributed by atoms with Crippen LogP contribution < -0.4 is 0 Å². The number of unbranched alkanes of at least 4 members (excludes halogenated alkanes) is 1. The Balaban J connectivity index is -0.0000000314. The molecule has 0 saturated heterocycles. The standard InChI is InChI=1S/2C9H18.C4H10.6C2H6.C2H4.CH4O/c1-2-9-7-5-3-4-6-8-9;1-5-7-9(6-2)8(3)4;1-3-4-2;8*1-2/h9H,2-8H2,1H3;6,8-9H,2,5,7H2,1,3-4H3;3-4H2,1-2H3;6*1-2H3;1-2H2;2H,1H3. The van der Waals surface area contributed by atoms with Gasteiger partial charge in [0.2, 0.25) is 0 Å². The van der Waals surface area contributed by atoms with Crippen molar-refractivity contribution in [3.63, 3.8) is 0 Å². The van der Waals surface area contributed by atoms with Gasteiger partial charge in [-0.05, 0) is 24.2 Å². The average molecular weight is 551 g/mol. The van der Waals surface area contributed by atoms with Crippen molar-refractivity contribution in [3.8, 4) is 0 Å². The lowest BCUT2D eigenvalue weighted by atomic mass is 9.92. The monoisotopic (exact) mass is 551 g/mol. The van der Waals surface area contributed by atoms with Gasteiger partial charge < -0.3 is 5.11 Å². The maximum absolute atomic E-state index is 7.00. The summed E-state index contributed by atoms with van der Waals surface area (Å²) < 4.78 is 0. The second-order valence-corrected chi connectivity index (χ2v) is 7.20. The predicted octanol–water partition coefficient (Wildman–Crippen LogP) is 15.0. The molecule has 244 valence electrons. The van der Waals surface area contributed by atoms with Gasteiger partial charge in [-0.1, -0.05) is 195 Å². The Labute approximate surface area is 250 Å². The third-order valence-corrected chi connectivity index (χ3v) is 4.83. The van der Waals surface area contributed by atoms with E-state index in [2.05, 4.69) is 67.4 Å². The predicted molar refractivity (Wildman–Crippen MR) is 193 cm³/mol. The Hall–Kier alpha value is -0.560. The van der Waals surface area contributed by atoms with Gasteiger partial charge in [-0.15, -0.1) is 19.7 Å². The molecule has 38 heavy (non-hydrogen) atoms. The minimum atomic E-state index is 0.731. The second-order valence-electron chi connectivity index (χ2n) is 7.20. The van der Waals surface area contributed by atoms with Crippen molar-refractivity contribution in [2.75, 3.05) is 7.11 Å². The summed E-state index contributed by atoms with van der Waals surface area (Å²) in [5.41, 5.74) is 0.